The number of phenols is 1. The number of phenolic OH excluding ortho intramolecular Hbond substituents is 1. The molecule has 0 bridgehead atoms. The van der Waals surface area contributed by atoms with Crippen LogP contribution in [-0.4, -0.2) is 76.8 Å². The molecule has 4 aromatic rings. The van der Waals surface area contributed by atoms with Crippen LogP contribution in [0.5, 0.6) is 5.75 Å². The van der Waals surface area contributed by atoms with E-state index < -0.39 is 23.6 Å². The minimum atomic E-state index is -0.931. The second-order valence-electron chi connectivity index (χ2n) is 11.5. The predicted octanol–water partition coefficient (Wildman–Crippen LogP) is 3.76. The number of amides is 2. The third-order valence-electron chi connectivity index (χ3n) is 8.52. The maximum absolute atomic E-state index is 13.9. The fourth-order valence-corrected chi connectivity index (χ4v) is 6.22. The molecular formula is C34H35ClN4O6. The Balaban J connectivity index is 1.18. The lowest BCUT2D eigenvalue weighted by atomic mass is 10.0. The van der Waals surface area contributed by atoms with E-state index in [1.54, 1.807) is 29.2 Å². The minimum absolute atomic E-state index is 0.0730. The van der Waals surface area contributed by atoms with Crippen molar-refractivity contribution in [2.75, 3.05) is 37.6 Å². The van der Waals surface area contributed by atoms with Crippen LogP contribution in [0.2, 0.25) is 5.02 Å². The number of para-hydroxylation sites is 1. The first-order valence-electron chi connectivity index (χ1n) is 15.1. The Kier molecular flexibility index (Phi) is 9.07. The van der Waals surface area contributed by atoms with Crippen LogP contribution in [0.25, 0.3) is 11.0 Å². The van der Waals surface area contributed by atoms with Crippen molar-refractivity contribution in [2.24, 2.45) is 0 Å². The summed E-state index contributed by atoms with van der Waals surface area (Å²) >= 11 is 6.08. The summed E-state index contributed by atoms with van der Waals surface area (Å²) in [5, 5.41) is 23.7. The molecule has 0 spiro atoms. The summed E-state index contributed by atoms with van der Waals surface area (Å²) in [6.45, 7) is 3.65. The quantitative estimate of drug-likeness (QED) is 0.269. The molecule has 6 rings (SSSR count). The number of hydrogen-bond acceptors (Lipinski definition) is 8. The van der Waals surface area contributed by atoms with Crippen molar-refractivity contribution >= 4 is 40.1 Å². The van der Waals surface area contributed by atoms with Crippen molar-refractivity contribution in [1.29, 1.82) is 0 Å². The lowest BCUT2D eigenvalue weighted by Gasteiger charge is -2.38. The van der Waals surface area contributed by atoms with E-state index in [1.807, 2.05) is 12.1 Å². The molecule has 0 aliphatic carbocycles. The predicted molar refractivity (Wildman–Crippen MR) is 171 cm³/mol. The number of carbonyl (C=O) groups is 2. The number of rotatable bonds is 8. The number of fused-ring (bicyclic) bond motifs is 1. The Morgan fingerprint density at radius 2 is 1.73 bits per heavy atom. The molecule has 2 saturated heterocycles. The number of carbonyl (C=O) groups excluding carboxylic acids is 2. The maximum atomic E-state index is 13.9. The van der Waals surface area contributed by atoms with Crippen LogP contribution >= 0.6 is 11.6 Å². The van der Waals surface area contributed by atoms with Gasteiger partial charge >= 0.3 is 0 Å². The third-order valence-corrected chi connectivity index (χ3v) is 8.77. The number of likely N-dealkylation sites (tertiary alicyclic amines) is 1. The van der Waals surface area contributed by atoms with Crippen LogP contribution in [0.1, 0.15) is 34.5 Å². The number of piperazine rings is 1. The molecule has 2 aliphatic rings. The van der Waals surface area contributed by atoms with Gasteiger partial charge in [0.1, 0.15) is 23.6 Å². The largest absolute Gasteiger partial charge is 0.508 e. The molecule has 11 heteroatoms. The van der Waals surface area contributed by atoms with Crippen LogP contribution in [0.3, 0.4) is 0 Å². The molecule has 1 aromatic heterocycles. The highest BCUT2D eigenvalue weighted by Gasteiger charge is 2.31. The summed E-state index contributed by atoms with van der Waals surface area (Å²) in [7, 11) is 0. The number of nitrogens with zero attached hydrogens (tertiary/aromatic N) is 3. The molecule has 10 nitrogen and oxygen atoms in total. The zero-order valence-electron chi connectivity index (χ0n) is 24.7. The van der Waals surface area contributed by atoms with E-state index >= 15 is 0 Å². The lowest BCUT2D eigenvalue weighted by molar-refractivity contribution is -0.133. The van der Waals surface area contributed by atoms with Crippen molar-refractivity contribution in [3.8, 4) is 5.75 Å². The second kappa shape index (κ2) is 13.3. The number of benzene rings is 3. The van der Waals surface area contributed by atoms with E-state index in [0.29, 0.717) is 37.7 Å². The fraction of sp³-hybridized carbons (Fsp3) is 0.324. The van der Waals surface area contributed by atoms with Gasteiger partial charge < -0.3 is 29.7 Å². The summed E-state index contributed by atoms with van der Waals surface area (Å²) in [5.74, 6) is -1.31. The van der Waals surface area contributed by atoms with Crippen molar-refractivity contribution in [1.82, 2.24) is 15.1 Å². The highest BCUT2D eigenvalue weighted by atomic mass is 35.5. The van der Waals surface area contributed by atoms with Gasteiger partial charge in [-0.25, -0.2) is 0 Å². The number of hydrogen-bond donors (Lipinski definition) is 3. The Hall–Kier alpha value is -4.38. The molecule has 2 atom stereocenters. The molecule has 3 N–H and O–H groups in total. The normalized spacial score (nSPS) is 17.9. The van der Waals surface area contributed by atoms with Crippen LogP contribution in [0, 0.1) is 0 Å². The van der Waals surface area contributed by atoms with Gasteiger partial charge in [0.15, 0.2) is 11.2 Å². The molecule has 2 aliphatic heterocycles. The molecule has 234 valence electrons. The van der Waals surface area contributed by atoms with E-state index in [1.165, 1.54) is 18.2 Å². The number of anilines is 1. The fourth-order valence-electron chi connectivity index (χ4n) is 6.09. The first kappa shape index (κ1) is 30.6. The van der Waals surface area contributed by atoms with Crippen molar-refractivity contribution in [3.05, 3.63) is 105 Å². The molecule has 0 saturated carbocycles. The Morgan fingerprint density at radius 1 is 0.978 bits per heavy atom. The van der Waals surface area contributed by atoms with Gasteiger partial charge in [0, 0.05) is 68.5 Å². The molecule has 3 heterocycles. The summed E-state index contributed by atoms with van der Waals surface area (Å²) < 4.78 is 5.67. The van der Waals surface area contributed by atoms with E-state index in [4.69, 9.17) is 16.0 Å². The van der Waals surface area contributed by atoms with Crippen molar-refractivity contribution in [2.45, 2.75) is 38.1 Å². The van der Waals surface area contributed by atoms with Gasteiger partial charge in [0.2, 0.25) is 5.91 Å². The maximum Gasteiger partial charge on any atom is 0.287 e. The van der Waals surface area contributed by atoms with E-state index in [9.17, 15) is 24.6 Å². The van der Waals surface area contributed by atoms with Gasteiger partial charge in [0.25, 0.3) is 5.91 Å². The van der Waals surface area contributed by atoms with Gasteiger partial charge in [-0.3, -0.25) is 19.3 Å². The molecule has 0 radical (unpaired) electrons. The second-order valence-corrected chi connectivity index (χ2v) is 12.0. The van der Waals surface area contributed by atoms with E-state index in [0.717, 1.165) is 42.3 Å². The smallest absolute Gasteiger partial charge is 0.287 e. The van der Waals surface area contributed by atoms with Crippen LogP contribution in [0.15, 0.2) is 82.0 Å². The minimum Gasteiger partial charge on any atom is -0.508 e. The van der Waals surface area contributed by atoms with Crippen molar-refractivity contribution < 1.29 is 24.2 Å². The number of aromatic hydroxyl groups is 1. The van der Waals surface area contributed by atoms with Crippen molar-refractivity contribution in [3.63, 3.8) is 0 Å². The van der Waals surface area contributed by atoms with Gasteiger partial charge in [-0.05, 0) is 54.3 Å². The zero-order chi connectivity index (χ0) is 31.5. The first-order chi connectivity index (χ1) is 21.7. The summed E-state index contributed by atoms with van der Waals surface area (Å²) in [4.78, 5) is 46.1. The van der Waals surface area contributed by atoms with Gasteiger partial charge in [0.05, 0.1) is 5.39 Å². The van der Waals surface area contributed by atoms with Crippen LogP contribution in [-0.2, 0) is 17.8 Å². The van der Waals surface area contributed by atoms with E-state index in [2.05, 4.69) is 27.2 Å². The Morgan fingerprint density at radius 3 is 2.47 bits per heavy atom. The molecular weight excluding hydrogens is 596 g/mol. The highest BCUT2D eigenvalue weighted by Crippen LogP contribution is 2.27. The standard InChI is InChI=1S/C34H35ClN4O6/c35-24-9-7-22(8-10-24)18-27(36-33(43)31-20-29(41)26-12-11-25(40)19-30(26)45-31)34(44)38-16-14-37(15-17-38)28-5-2-1-4-23(28)21-39-13-3-6-32(39)42/h1-2,4-5,7-12,19-20,27,32,40,42H,3,6,13-18,21H2,(H,36,43)/t27-,32?/m0/s1. The summed E-state index contributed by atoms with van der Waals surface area (Å²) in [6.07, 6.45) is 1.55. The molecule has 45 heavy (non-hydrogen) atoms. The average Bonchev–Trinajstić information content (AvgIpc) is 3.45. The SMILES string of the molecule is O=C(N[C@@H](Cc1ccc(Cl)cc1)C(=O)N1CCN(c2ccccc2CN2CCCC2O)CC1)c1cc(=O)c2ccc(O)cc2o1. The Labute approximate surface area is 265 Å². The Bertz CT molecular complexity index is 1750. The first-order valence-corrected chi connectivity index (χ1v) is 15.5. The summed E-state index contributed by atoms with van der Waals surface area (Å²) in [6, 6.07) is 19.5. The number of nitrogens with one attached hydrogen (secondary N) is 1. The lowest BCUT2D eigenvalue weighted by Crippen LogP contribution is -2.55. The zero-order valence-corrected chi connectivity index (χ0v) is 25.4. The molecule has 2 fully saturated rings. The third kappa shape index (κ3) is 6.98. The van der Waals surface area contributed by atoms with Crippen LogP contribution in [0.4, 0.5) is 5.69 Å². The molecule has 3 aromatic carbocycles. The topological polar surface area (TPSA) is 127 Å². The number of aliphatic hydroxyl groups is 1. The van der Waals surface area contributed by atoms with E-state index in [-0.39, 0.29) is 34.8 Å². The highest BCUT2D eigenvalue weighted by molar-refractivity contribution is 6.30. The molecule has 2 amide bonds. The average molecular weight is 631 g/mol. The summed E-state index contributed by atoms with van der Waals surface area (Å²) in [5.41, 5.74) is 2.67. The monoisotopic (exact) mass is 630 g/mol. The van der Waals surface area contributed by atoms with Gasteiger partial charge in [-0.15, -0.1) is 0 Å². The number of aliphatic hydroxyl groups excluding tert-OH is 1. The number of halogens is 1. The van der Waals surface area contributed by atoms with Gasteiger partial charge in [-0.2, -0.15) is 0 Å². The molecule has 1 unspecified atom stereocenters. The van der Waals surface area contributed by atoms with Crippen LogP contribution < -0.4 is 15.6 Å². The van der Waals surface area contributed by atoms with Gasteiger partial charge in [-0.1, -0.05) is 41.9 Å².